The monoisotopic (exact) mass is 287 g/mol. The van der Waals surface area contributed by atoms with E-state index in [1.54, 1.807) is 6.20 Å². The van der Waals surface area contributed by atoms with Crippen molar-refractivity contribution in [3.05, 3.63) is 36.3 Å². The molecule has 0 fully saturated rings. The van der Waals surface area contributed by atoms with Gasteiger partial charge in [0.15, 0.2) is 0 Å². The van der Waals surface area contributed by atoms with Crippen molar-refractivity contribution in [1.82, 2.24) is 25.4 Å². The fraction of sp³-hybridized carbons (Fsp3) is 0.500. The summed E-state index contributed by atoms with van der Waals surface area (Å²) in [6.07, 6.45) is 5.52. The fourth-order valence-corrected chi connectivity index (χ4v) is 2.60. The summed E-state index contributed by atoms with van der Waals surface area (Å²) in [6, 6.07) is 4.52. The van der Waals surface area contributed by atoms with Gasteiger partial charge in [0.2, 0.25) is 0 Å². The Morgan fingerprint density at radius 2 is 2.10 bits per heavy atom. The van der Waals surface area contributed by atoms with E-state index < -0.39 is 0 Å². The number of likely N-dealkylation sites (N-methyl/N-ethyl adjacent to an activating group) is 1. The molecule has 0 aliphatic carbocycles. The quantitative estimate of drug-likeness (QED) is 0.782. The second-order valence-electron chi connectivity index (χ2n) is 5.21. The van der Waals surface area contributed by atoms with Gasteiger partial charge in [-0.15, -0.1) is 0 Å². The van der Waals surface area contributed by atoms with E-state index >= 15 is 0 Å². The molecule has 0 aliphatic heterocycles. The molecule has 2 aromatic rings. The lowest BCUT2D eigenvalue weighted by Gasteiger charge is -2.26. The van der Waals surface area contributed by atoms with Crippen LogP contribution in [0.4, 0.5) is 0 Å². The lowest BCUT2D eigenvalue weighted by Crippen LogP contribution is -2.39. The van der Waals surface area contributed by atoms with Gasteiger partial charge in [0.25, 0.3) is 0 Å². The van der Waals surface area contributed by atoms with Crippen LogP contribution in [-0.2, 0) is 6.54 Å². The van der Waals surface area contributed by atoms with Crippen molar-refractivity contribution in [3.8, 4) is 11.3 Å². The first-order valence-electron chi connectivity index (χ1n) is 7.63. The zero-order chi connectivity index (χ0) is 15.1. The maximum Gasteiger partial charge on any atom is 0.0710 e. The average Bonchev–Trinajstić information content (AvgIpc) is 2.98. The number of rotatable bonds is 8. The molecule has 0 aliphatic rings. The topological polar surface area (TPSA) is 56.8 Å². The molecule has 0 saturated heterocycles. The van der Waals surface area contributed by atoms with Gasteiger partial charge in [-0.3, -0.25) is 15.0 Å². The molecular formula is C16H25N5. The highest BCUT2D eigenvalue weighted by Crippen LogP contribution is 2.19. The van der Waals surface area contributed by atoms with Crippen LogP contribution in [0.2, 0.25) is 0 Å². The third-order valence-corrected chi connectivity index (χ3v) is 3.86. The number of nitrogens with one attached hydrogen (secondary N) is 2. The Morgan fingerprint density at radius 3 is 2.76 bits per heavy atom. The predicted molar refractivity (Wildman–Crippen MR) is 85.9 cm³/mol. The third kappa shape index (κ3) is 4.12. The third-order valence-electron chi connectivity index (χ3n) is 3.86. The zero-order valence-electron chi connectivity index (χ0n) is 13.1. The average molecular weight is 287 g/mol. The number of nitrogens with zero attached hydrogens (tertiary/aromatic N) is 3. The molecule has 0 amide bonds. The summed E-state index contributed by atoms with van der Waals surface area (Å²) in [7, 11) is 0. The van der Waals surface area contributed by atoms with Gasteiger partial charge in [-0.05, 0) is 32.1 Å². The predicted octanol–water partition coefficient (Wildman–Crippen LogP) is 2.29. The van der Waals surface area contributed by atoms with Gasteiger partial charge in [-0.2, -0.15) is 5.10 Å². The van der Waals surface area contributed by atoms with Crippen molar-refractivity contribution in [2.75, 3.05) is 19.6 Å². The summed E-state index contributed by atoms with van der Waals surface area (Å²) in [4.78, 5) is 6.61. The standard InChI is InChI=1S/C16H25N5/c1-4-21(5-2)13(3)9-18-11-15-12-19-20-16(15)14-7-6-8-17-10-14/h6-8,10,12-13,18H,4-5,9,11H2,1-3H3,(H,19,20)/t13-/m0/s1. The van der Waals surface area contributed by atoms with Crippen molar-refractivity contribution in [3.63, 3.8) is 0 Å². The molecule has 5 nitrogen and oxygen atoms in total. The molecule has 2 aromatic heterocycles. The first kappa shape index (κ1) is 15.7. The second kappa shape index (κ2) is 7.90. The minimum atomic E-state index is 0.536. The highest BCUT2D eigenvalue weighted by Gasteiger charge is 2.11. The maximum absolute atomic E-state index is 4.16. The molecule has 2 rings (SSSR count). The summed E-state index contributed by atoms with van der Waals surface area (Å²) in [5.74, 6) is 0. The second-order valence-corrected chi connectivity index (χ2v) is 5.21. The lowest BCUT2D eigenvalue weighted by molar-refractivity contribution is 0.225. The highest BCUT2D eigenvalue weighted by atomic mass is 15.2. The molecule has 0 unspecified atom stereocenters. The molecule has 114 valence electrons. The Labute approximate surface area is 126 Å². The van der Waals surface area contributed by atoms with Gasteiger partial charge in [0, 0.05) is 42.7 Å². The van der Waals surface area contributed by atoms with Crippen LogP contribution >= 0.6 is 0 Å². The summed E-state index contributed by atoms with van der Waals surface area (Å²) in [6.45, 7) is 10.6. The van der Waals surface area contributed by atoms with Gasteiger partial charge in [-0.1, -0.05) is 13.8 Å². The molecule has 0 radical (unpaired) electrons. The first-order valence-corrected chi connectivity index (χ1v) is 7.63. The van der Waals surface area contributed by atoms with Crippen molar-refractivity contribution in [1.29, 1.82) is 0 Å². The number of hydrogen-bond donors (Lipinski definition) is 2. The largest absolute Gasteiger partial charge is 0.311 e. The van der Waals surface area contributed by atoms with Crippen LogP contribution in [0.1, 0.15) is 26.3 Å². The van der Waals surface area contributed by atoms with Crippen LogP contribution in [-0.4, -0.2) is 45.8 Å². The van der Waals surface area contributed by atoms with E-state index in [1.807, 2.05) is 24.5 Å². The number of H-pyrrole nitrogens is 1. The van der Waals surface area contributed by atoms with Crippen molar-refractivity contribution < 1.29 is 0 Å². The minimum absolute atomic E-state index is 0.536. The molecule has 5 heteroatoms. The van der Waals surface area contributed by atoms with Crippen LogP contribution < -0.4 is 5.32 Å². The first-order chi connectivity index (χ1) is 10.3. The minimum Gasteiger partial charge on any atom is -0.311 e. The molecule has 21 heavy (non-hydrogen) atoms. The molecule has 0 spiro atoms. The number of hydrogen-bond acceptors (Lipinski definition) is 4. The zero-order valence-corrected chi connectivity index (χ0v) is 13.1. The van der Waals surface area contributed by atoms with E-state index in [9.17, 15) is 0 Å². The van der Waals surface area contributed by atoms with Crippen LogP contribution in [0.15, 0.2) is 30.7 Å². The number of aromatic amines is 1. The van der Waals surface area contributed by atoms with Crippen molar-refractivity contribution in [2.45, 2.75) is 33.4 Å². The lowest BCUT2D eigenvalue weighted by atomic mass is 10.1. The van der Waals surface area contributed by atoms with E-state index in [2.05, 4.69) is 46.2 Å². The van der Waals surface area contributed by atoms with Crippen LogP contribution in [0.5, 0.6) is 0 Å². The number of pyridine rings is 1. The summed E-state index contributed by atoms with van der Waals surface area (Å²) >= 11 is 0. The Kier molecular flexibility index (Phi) is 5.90. The van der Waals surface area contributed by atoms with Crippen LogP contribution in [0.3, 0.4) is 0 Å². The van der Waals surface area contributed by atoms with Crippen molar-refractivity contribution in [2.24, 2.45) is 0 Å². The Balaban J connectivity index is 1.92. The van der Waals surface area contributed by atoms with Gasteiger partial charge < -0.3 is 5.32 Å². The molecular weight excluding hydrogens is 262 g/mol. The van der Waals surface area contributed by atoms with Crippen molar-refractivity contribution >= 4 is 0 Å². The van der Waals surface area contributed by atoms with E-state index in [0.717, 1.165) is 37.4 Å². The summed E-state index contributed by atoms with van der Waals surface area (Å²) < 4.78 is 0. The Hall–Kier alpha value is -1.72. The normalized spacial score (nSPS) is 12.8. The van der Waals surface area contributed by atoms with Gasteiger partial charge in [-0.25, -0.2) is 0 Å². The van der Waals surface area contributed by atoms with E-state index in [-0.39, 0.29) is 0 Å². The van der Waals surface area contributed by atoms with Gasteiger partial charge in [0.05, 0.1) is 11.9 Å². The van der Waals surface area contributed by atoms with Gasteiger partial charge in [0.1, 0.15) is 0 Å². The summed E-state index contributed by atoms with van der Waals surface area (Å²) in [5, 5.41) is 10.8. The molecule has 2 heterocycles. The Bertz CT molecular complexity index is 518. The highest BCUT2D eigenvalue weighted by molar-refractivity contribution is 5.61. The molecule has 2 N–H and O–H groups in total. The molecule has 0 bridgehead atoms. The van der Waals surface area contributed by atoms with E-state index in [0.29, 0.717) is 6.04 Å². The maximum atomic E-state index is 4.16. The summed E-state index contributed by atoms with van der Waals surface area (Å²) in [5.41, 5.74) is 3.30. The van der Waals surface area contributed by atoms with E-state index in [4.69, 9.17) is 0 Å². The fourth-order valence-electron chi connectivity index (χ4n) is 2.60. The van der Waals surface area contributed by atoms with E-state index in [1.165, 1.54) is 5.56 Å². The molecule has 0 aromatic carbocycles. The van der Waals surface area contributed by atoms with Gasteiger partial charge >= 0.3 is 0 Å². The van der Waals surface area contributed by atoms with Crippen LogP contribution in [0, 0.1) is 0 Å². The molecule has 1 atom stereocenters. The smallest absolute Gasteiger partial charge is 0.0710 e. The number of aromatic nitrogens is 3. The van der Waals surface area contributed by atoms with Crippen LogP contribution in [0.25, 0.3) is 11.3 Å². The molecule has 0 saturated carbocycles. The Morgan fingerprint density at radius 1 is 1.29 bits per heavy atom. The SMILES string of the molecule is CCN(CC)[C@@H](C)CNCc1cn[nH]c1-c1cccnc1.